The van der Waals surface area contributed by atoms with E-state index in [1.54, 1.807) is 0 Å². The number of ether oxygens (including phenoxy) is 3. The Hall–Kier alpha value is -0.120. The summed E-state index contributed by atoms with van der Waals surface area (Å²) in [4.78, 5) is 0. The molecule has 58 valence electrons. The molecular weight excluding hydrogens is 132 g/mol. The average molecular weight is 144 g/mol. The van der Waals surface area contributed by atoms with Gasteiger partial charge in [0.2, 0.25) is 0 Å². The molecule has 2 aliphatic heterocycles. The molecule has 0 N–H and O–H groups in total. The van der Waals surface area contributed by atoms with Crippen molar-refractivity contribution in [3.8, 4) is 0 Å². The Morgan fingerprint density at radius 1 is 0.900 bits per heavy atom. The molecule has 10 heavy (non-hydrogen) atoms. The second kappa shape index (κ2) is 2.86. The molecule has 2 aliphatic rings. The maximum Gasteiger partial charge on any atom is 0.107 e. The molecule has 2 atom stereocenters. The van der Waals surface area contributed by atoms with Crippen LogP contribution in [-0.2, 0) is 14.2 Å². The van der Waals surface area contributed by atoms with Crippen molar-refractivity contribution in [2.75, 3.05) is 26.4 Å². The lowest BCUT2D eigenvalue weighted by molar-refractivity contribution is -0.187. The van der Waals surface area contributed by atoms with Crippen LogP contribution in [0.15, 0.2) is 0 Å². The van der Waals surface area contributed by atoms with Gasteiger partial charge < -0.3 is 14.2 Å². The zero-order chi connectivity index (χ0) is 6.81. The summed E-state index contributed by atoms with van der Waals surface area (Å²) in [5.41, 5.74) is 0. The minimum atomic E-state index is 0.211. The van der Waals surface area contributed by atoms with E-state index in [1.165, 1.54) is 0 Å². The average Bonchev–Trinajstić information content (AvgIpc) is 2.05. The van der Waals surface area contributed by atoms with Crippen molar-refractivity contribution in [3.63, 3.8) is 0 Å². The standard InChI is InChI=1S/C7H12O3/c1-2-8-5-7-6(1)9-3-4-10-7/h6-7H,1-5H2. The van der Waals surface area contributed by atoms with E-state index in [0.717, 1.165) is 26.2 Å². The van der Waals surface area contributed by atoms with Crippen molar-refractivity contribution in [2.24, 2.45) is 0 Å². The highest BCUT2D eigenvalue weighted by Crippen LogP contribution is 2.17. The first-order valence-electron chi connectivity index (χ1n) is 3.78. The lowest BCUT2D eigenvalue weighted by Gasteiger charge is -2.34. The SMILES string of the molecule is C1CC2OCCOC2CO1. The molecule has 0 aromatic rings. The normalized spacial score (nSPS) is 40.8. The third kappa shape index (κ3) is 1.17. The Balaban J connectivity index is 1.93. The van der Waals surface area contributed by atoms with Gasteiger partial charge in [0.1, 0.15) is 6.10 Å². The van der Waals surface area contributed by atoms with Gasteiger partial charge in [-0.05, 0) is 6.42 Å². The Morgan fingerprint density at radius 2 is 1.70 bits per heavy atom. The summed E-state index contributed by atoms with van der Waals surface area (Å²) in [6, 6.07) is 0. The van der Waals surface area contributed by atoms with Crippen LogP contribution in [0.5, 0.6) is 0 Å². The van der Waals surface area contributed by atoms with Crippen LogP contribution in [0.4, 0.5) is 0 Å². The van der Waals surface area contributed by atoms with Gasteiger partial charge in [-0.15, -0.1) is 0 Å². The first-order valence-corrected chi connectivity index (χ1v) is 3.78. The van der Waals surface area contributed by atoms with Gasteiger partial charge in [-0.3, -0.25) is 0 Å². The van der Waals surface area contributed by atoms with E-state index in [1.807, 2.05) is 0 Å². The first-order chi connectivity index (χ1) is 4.97. The van der Waals surface area contributed by atoms with Crippen molar-refractivity contribution in [1.29, 1.82) is 0 Å². The molecule has 0 aromatic heterocycles. The van der Waals surface area contributed by atoms with Gasteiger partial charge in [-0.25, -0.2) is 0 Å². The van der Waals surface area contributed by atoms with Crippen molar-refractivity contribution in [3.05, 3.63) is 0 Å². The van der Waals surface area contributed by atoms with Gasteiger partial charge in [0, 0.05) is 6.61 Å². The lowest BCUT2D eigenvalue weighted by atomic mass is 10.1. The van der Waals surface area contributed by atoms with Gasteiger partial charge in [0.05, 0.1) is 25.9 Å². The predicted octanol–water partition coefficient (Wildman–Crippen LogP) is 0.191. The Morgan fingerprint density at radius 3 is 2.50 bits per heavy atom. The molecule has 0 aliphatic carbocycles. The van der Waals surface area contributed by atoms with Crippen molar-refractivity contribution in [1.82, 2.24) is 0 Å². The van der Waals surface area contributed by atoms with Gasteiger partial charge in [0.25, 0.3) is 0 Å². The van der Waals surface area contributed by atoms with Crippen LogP contribution in [0.1, 0.15) is 6.42 Å². The highest BCUT2D eigenvalue weighted by atomic mass is 16.6. The van der Waals surface area contributed by atoms with E-state index in [0.29, 0.717) is 12.7 Å². The Bertz CT molecular complexity index is 89.4. The van der Waals surface area contributed by atoms with E-state index in [2.05, 4.69) is 0 Å². The quantitative estimate of drug-likeness (QED) is 0.485. The highest BCUT2D eigenvalue weighted by molar-refractivity contribution is 4.76. The van der Waals surface area contributed by atoms with E-state index in [9.17, 15) is 0 Å². The number of fused-ring (bicyclic) bond motifs is 1. The summed E-state index contributed by atoms with van der Waals surface area (Å²) in [5.74, 6) is 0. The Kier molecular flexibility index (Phi) is 1.88. The summed E-state index contributed by atoms with van der Waals surface area (Å²) < 4.78 is 16.1. The van der Waals surface area contributed by atoms with Crippen molar-refractivity contribution < 1.29 is 14.2 Å². The maximum atomic E-state index is 5.48. The smallest absolute Gasteiger partial charge is 0.107 e. The van der Waals surface area contributed by atoms with Crippen LogP contribution in [0.2, 0.25) is 0 Å². The van der Waals surface area contributed by atoms with Gasteiger partial charge in [-0.1, -0.05) is 0 Å². The second-order valence-electron chi connectivity index (χ2n) is 2.68. The van der Waals surface area contributed by atoms with Crippen LogP contribution < -0.4 is 0 Å². The molecule has 2 fully saturated rings. The van der Waals surface area contributed by atoms with Crippen LogP contribution in [0.3, 0.4) is 0 Å². The first kappa shape index (κ1) is 6.58. The monoisotopic (exact) mass is 144 g/mol. The fourth-order valence-electron chi connectivity index (χ4n) is 1.44. The topological polar surface area (TPSA) is 27.7 Å². The largest absolute Gasteiger partial charge is 0.379 e. The van der Waals surface area contributed by atoms with Crippen molar-refractivity contribution >= 4 is 0 Å². The minimum Gasteiger partial charge on any atom is -0.379 e. The highest BCUT2D eigenvalue weighted by Gasteiger charge is 2.29. The predicted molar refractivity (Wildman–Crippen MR) is 34.9 cm³/mol. The third-order valence-corrected chi connectivity index (χ3v) is 1.99. The molecule has 3 nitrogen and oxygen atoms in total. The van der Waals surface area contributed by atoms with Crippen LogP contribution >= 0.6 is 0 Å². The molecule has 2 saturated heterocycles. The van der Waals surface area contributed by atoms with Crippen molar-refractivity contribution in [2.45, 2.75) is 18.6 Å². The lowest BCUT2D eigenvalue weighted by Crippen LogP contribution is -2.45. The molecule has 3 heteroatoms. The third-order valence-electron chi connectivity index (χ3n) is 1.99. The molecule has 2 unspecified atom stereocenters. The zero-order valence-electron chi connectivity index (χ0n) is 5.91. The molecule has 0 saturated carbocycles. The molecule has 2 heterocycles. The number of rotatable bonds is 0. The summed E-state index contributed by atoms with van der Waals surface area (Å²) >= 11 is 0. The van der Waals surface area contributed by atoms with E-state index < -0.39 is 0 Å². The van der Waals surface area contributed by atoms with E-state index >= 15 is 0 Å². The molecule has 0 spiro atoms. The van der Waals surface area contributed by atoms with Crippen LogP contribution in [0, 0.1) is 0 Å². The number of hydrogen-bond donors (Lipinski definition) is 0. The van der Waals surface area contributed by atoms with Gasteiger partial charge >= 0.3 is 0 Å². The fraction of sp³-hybridized carbons (Fsp3) is 1.00. The molecular formula is C7H12O3. The number of hydrogen-bond acceptors (Lipinski definition) is 3. The van der Waals surface area contributed by atoms with Gasteiger partial charge in [-0.2, -0.15) is 0 Å². The molecule has 0 bridgehead atoms. The summed E-state index contributed by atoms with van der Waals surface area (Å²) in [6.45, 7) is 3.01. The fourth-order valence-corrected chi connectivity index (χ4v) is 1.44. The van der Waals surface area contributed by atoms with Crippen LogP contribution in [0.25, 0.3) is 0 Å². The zero-order valence-corrected chi connectivity index (χ0v) is 5.91. The molecule has 0 amide bonds. The summed E-state index contributed by atoms with van der Waals surface area (Å²) in [5, 5.41) is 0. The molecule has 0 radical (unpaired) electrons. The van der Waals surface area contributed by atoms with Gasteiger partial charge in [0.15, 0.2) is 0 Å². The maximum absolute atomic E-state index is 5.48. The Labute approximate surface area is 60.3 Å². The summed E-state index contributed by atoms with van der Waals surface area (Å²) in [7, 11) is 0. The minimum absolute atomic E-state index is 0.211. The molecule has 0 aromatic carbocycles. The molecule has 2 rings (SSSR count). The van der Waals surface area contributed by atoms with Crippen LogP contribution in [-0.4, -0.2) is 38.6 Å². The second-order valence-corrected chi connectivity index (χ2v) is 2.68. The summed E-state index contributed by atoms with van der Waals surface area (Å²) in [6.07, 6.45) is 1.51. The van der Waals surface area contributed by atoms with E-state index in [-0.39, 0.29) is 6.10 Å². The van der Waals surface area contributed by atoms with E-state index in [4.69, 9.17) is 14.2 Å².